The van der Waals surface area contributed by atoms with Gasteiger partial charge in [0, 0.05) is 37.9 Å². The minimum absolute atomic E-state index is 0.00308. The highest BCUT2D eigenvalue weighted by Gasteiger charge is 2.49. The SMILES string of the molecule is CC[C@@H]1CN(Cc2cc3c(c(C(F)(F)F)c2)CN(c2cccc(C4(C(=N)N(C)C=N)CC(C)C4)c2)C3=O)CCO1. The average Bonchev–Trinajstić information content (AvgIpc) is 3.25. The molecule has 1 amide bonds. The molecular weight excluding hydrogens is 519 g/mol. The molecule has 2 N–H and O–H groups in total. The predicted octanol–water partition coefficient (Wildman–Crippen LogP) is 5.66. The summed E-state index contributed by atoms with van der Waals surface area (Å²) in [5.74, 6) is 0.245. The lowest BCUT2D eigenvalue weighted by molar-refractivity contribution is -0.138. The molecule has 10 heteroatoms. The van der Waals surface area contributed by atoms with Gasteiger partial charge in [0.15, 0.2) is 0 Å². The summed E-state index contributed by atoms with van der Waals surface area (Å²) >= 11 is 0. The number of nitrogens with one attached hydrogen (secondary N) is 2. The number of rotatable bonds is 7. The van der Waals surface area contributed by atoms with Gasteiger partial charge in [0.05, 0.1) is 36.6 Å². The van der Waals surface area contributed by atoms with Crippen LogP contribution in [0, 0.1) is 16.7 Å². The maximum atomic E-state index is 14.3. The van der Waals surface area contributed by atoms with Gasteiger partial charge in [-0.3, -0.25) is 20.5 Å². The van der Waals surface area contributed by atoms with Gasteiger partial charge in [0.2, 0.25) is 0 Å². The number of nitrogens with zero attached hydrogens (tertiary/aromatic N) is 3. The number of alkyl halides is 3. The Morgan fingerprint density at radius 2 is 2.00 bits per heavy atom. The number of halogens is 3. The van der Waals surface area contributed by atoms with Crippen molar-refractivity contribution in [3.63, 3.8) is 0 Å². The van der Waals surface area contributed by atoms with Gasteiger partial charge < -0.3 is 14.5 Å². The minimum Gasteiger partial charge on any atom is -0.376 e. The molecule has 214 valence electrons. The quantitative estimate of drug-likeness (QED) is 0.341. The van der Waals surface area contributed by atoms with E-state index in [1.165, 1.54) is 15.9 Å². The van der Waals surface area contributed by atoms with Gasteiger partial charge in [0.25, 0.3) is 5.91 Å². The van der Waals surface area contributed by atoms with E-state index >= 15 is 0 Å². The number of likely N-dealkylation sites (N-methyl/N-ethyl adjacent to an activating group) is 1. The zero-order chi connectivity index (χ0) is 28.8. The first-order valence-electron chi connectivity index (χ1n) is 13.8. The lowest BCUT2D eigenvalue weighted by Crippen LogP contribution is -2.52. The zero-order valence-electron chi connectivity index (χ0n) is 23.1. The smallest absolute Gasteiger partial charge is 0.376 e. The summed E-state index contributed by atoms with van der Waals surface area (Å²) in [6.45, 7) is 6.10. The topological polar surface area (TPSA) is 83.7 Å². The van der Waals surface area contributed by atoms with Gasteiger partial charge in [-0.25, -0.2) is 0 Å². The van der Waals surface area contributed by atoms with Crippen LogP contribution in [-0.4, -0.2) is 60.7 Å². The van der Waals surface area contributed by atoms with Crippen LogP contribution in [0.4, 0.5) is 18.9 Å². The third kappa shape index (κ3) is 5.03. The Hall–Kier alpha value is -3.24. The first-order valence-corrected chi connectivity index (χ1v) is 13.8. The molecular formula is C30H36F3N5O2. The molecule has 2 heterocycles. The summed E-state index contributed by atoms with van der Waals surface area (Å²) in [4.78, 5) is 18.6. The molecule has 2 aromatic carbocycles. The van der Waals surface area contributed by atoms with Gasteiger partial charge in [-0.05, 0) is 66.1 Å². The van der Waals surface area contributed by atoms with E-state index in [1.54, 1.807) is 25.2 Å². The van der Waals surface area contributed by atoms with Gasteiger partial charge in [0.1, 0.15) is 5.84 Å². The Kier molecular flexibility index (Phi) is 7.52. The summed E-state index contributed by atoms with van der Waals surface area (Å²) in [7, 11) is 1.67. The van der Waals surface area contributed by atoms with Crippen LogP contribution in [0.2, 0.25) is 0 Å². The molecule has 1 atom stereocenters. The summed E-state index contributed by atoms with van der Waals surface area (Å²) < 4.78 is 48.5. The van der Waals surface area contributed by atoms with Crippen LogP contribution < -0.4 is 4.90 Å². The fourth-order valence-electron chi connectivity index (χ4n) is 6.52. The van der Waals surface area contributed by atoms with Crippen molar-refractivity contribution in [2.75, 3.05) is 31.6 Å². The van der Waals surface area contributed by atoms with Crippen LogP contribution in [0.1, 0.15) is 65.7 Å². The molecule has 0 radical (unpaired) electrons. The number of hydrogen-bond donors (Lipinski definition) is 2. The Morgan fingerprint density at radius 1 is 1.25 bits per heavy atom. The second-order valence-electron chi connectivity index (χ2n) is 11.4. The van der Waals surface area contributed by atoms with Crippen LogP contribution in [0.25, 0.3) is 0 Å². The number of carbonyl (C=O) groups is 1. The van der Waals surface area contributed by atoms with Crippen molar-refractivity contribution >= 4 is 23.8 Å². The molecule has 7 nitrogen and oxygen atoms in total. The highest BCUT2D eigenvalue weighted by molar-refractivity contribution is 6.10. The zero-order valence-corrected chi connectivity index (χ0v) is 23.1. The molecule has 0 bridgehead atoms. The van der Waals surface area contributed by atoms with E-state index in [0.717, 1.165) is 31.2 Å². The number of amidine groups is 1. The van der Waals surface area contributed by atoms with Crippen molar-refractivity contribution in [1.82, 2.24) is 9.80 Å². The van der Waals surface area contributed by atoms with Crippen molar-refractivity contribution in [3.05, 3.63) is 64.2 Å². The van der Waals surface area contributed by atoms with Gasteiger partial charge in [-0.2, -0.15) is 13.2 Å². The van der Waals surface area contributed by atoms with Crippen molar-refractivity contribution < 1.29 is 22.7 Å². The van der Waals surface area contributed by atoms with Gasteiger partial charge in [-0.15, -0.1) is 0 Å². The fraction of sp³-hybridized carbons (Fsp3) is 0.500. The van der Waals surface area contributed by atoms with E-state index in [4.69, 9.17) is 15.6 Å². The summed E-state index contributed by atoms with van der Waals surface area (Å²) in [5.41, 5.74) is 0.554. The fourth-order valence-corrected chi connectivity index (χ4v) is 6.52. The summed E-state index contributed by atoms with van der Waals surface area (Å²) in [6, 6.07) is 10.1. The van der Waals surface area contributed by atoms with Gasteiger partial charge >= 0.3 is 6.18 Å². The third-order valence-corrected chi connectivity index (χ3v) is 8.60. The second-order valence-corrected chi connectivity index (χ2v) is 11.4. The van der Waals surface area contributed by atoms with Crippen LogP contribution in [0.5, 0.6) is 0 Å². The number of benzene rings is 2. The van der Waals surface area contributed by atoms with Crippen LogP contribution in [0.15, 0.2) is 36.4 Å². The number of anilines is 1. The van der Waals surface area contributed by atoms with Crippen molar-refractivity contribution in [2.45, 2.75) is 63.9 Å². The molecule has 5 rings (SSSR count). The molecule has 1 aliphatic carbocycles. The first kappa shape index (κ1) is 28.3. The number of amides is 1. The molecule has 0 aromatic heterocycles. The van der Waals surface area contributed by atoms with E-state index < -0.39 is 23.1 Å². The average molecular weight is 556 g/mol. The molecule has 2 aromatic rings. The molecule has 0 unspecified atom stereocenters. The first-order chi connectivity index (χ1) is 19.0. The van der Waals surface area contributed by atoms with Crippen molar-refractivity contribution in [2.24, 2.45) is 5.92 Å². The highest BCUT2D eigenvalue weighted by atomic mass is 19.4. The van der Waals surface area contributed by atoms with Crippen molar-refractivity contribution in [3.8, 4) is 0 Å². The highest BCUT2D eigenvalue weighted by Crippen LogP contribution is 2.50. The standard InChI is InChI=1S/C30H36F3N5O2/c1-4-23-16-37(8-9-40-23)15-20-10-24-25(26(11-20)30(31,32)33)17-38(27(24)39)22-7-5-6-21(12-22)29(13-19(2)14-29)28(35)36(3)18-34/h5-7,10-12,18-19,23,34-35H,4,8-9,13-17H2,1-3H3/t19?,23-,29?/m1/s1. The Labute approximate surface area is 232 Å². The number of ether oxygens (including phenoxy) is 1. The van der Waals surface area contributed by atoms with Gasteiger partial charge in [-0.1, -0.05) is 26.0 Å². The lowest BCUT2D eigenvalue weighted by Gasteiger charge is -2.48. The molecule has 1 saturated carbocycles. The molecule has 2 fully saturated rings. The van der Waals surface area contributed by atoms with Crippen molar-refractivity contribution in [1.29, 1.82) is 10.8 Å². The Morgan fingerprint density at radius 3 is 2.65 bits per heavy atom. The Balaban J connectivity index is 1.47. The summed E-state index contributed by atoms with van der Waals surface area (Å²) in [5, 5.41) is 16.4. The van der Waals surface area contributed by atoms with Crippen LogP contribution in [0.3, 0.4) is 0 Å². The maximum Gasteiger partial charge on any atom is 0.416 e. The molecule has 40 heavy (non-hydrogen) atoms. The number of morpholine rings is 1. The molecule has 2 aliphatic heterocycles. The lowest BCUT2D eigenvalue weighted by atomic mass is 9.58. The summed E-state index contributed by atoms with van der Waals surface area (Å²) in [6.07, 6.45) is -1.15. The largest absolute Gasteiger partial charge is 0.416 e. The van der Waals surface area contributed by atoms with Crippen LogP contribution >= 0.6 is 0 Å². The monoisotopic (exact) mass is 555 g/mol. The maximum absolute atomic E-state index is 14.3. The molecule has 1 saturated heterocycles. The number of hydrogen-bond acceptors (Lipinski definition) is 5. The number of fused-ring (bicyclic) bond motifs is 1. The van der Waals surface area contributed by atoms with E-state index in [-0.39, 0.29) is 23.8 Å². The third-order valence-electron chi connectivity index (χ3n) is 8.60. The number of carbonyl (C=O) groups excluding carboxylic acids is 1. The van der Waals surface area contributed by atoms with E-state index in [0.29, 0.717) is 49.2 Å². The molecule has 0 spiro atoms. The second kappa shape index (κ2) is 10.6. The van der Waals surface area contributed by atoms with Crippen LogP contribution in [-0.2, 0) is 29.4 Å². The normalized spacial score (nSPS) is 24.9. The predicted molar refractivity (Wildman–Crippen MR) is 148 cm³/mol. The Bertz CT molecular complexity index is 1320. The van der Waals surface area contributed by atoms with E-state index in [9.17, 15) is 18.0 Å². The van der Waals surface area contributed by atoms with E-state index in [2.05, 4.69) is 11.8 Å². The van der Waals surface area contributed by atoms with E-state index in [1.807, 2.05) is 19.1 Å². The molecule has 3 aliphatic rings. The minimum atomic E-state index is -4.59.